The fourth-order valence-corrected chi connectivity index (χ4v) is 3.20. The Balaban J connectivity index is 1.43. The van der Waals surface area contributed by atoms with Crippen LogP contribution in [0.1, 0.15) is 21.7 Å². The molecule has 0 bridgehead atoms. The zero-order valence-electron chi connectivity index (χ0n) is 17.5. The maximum atomic E-state index is 12.6. The minimum absolute atomic E-state index is 0.0229. The number of amides is 4. The first-order valence-electron chi connectivity index (χ1n) is 9.95. The molecule has 2 aromatic carbocycles. The van der Waals surface area contributed by atoms with Gasteiger partial charge >= 0.3 is 12.0 Å². The lowest BCUT2D eigenvalue weighted by Crippen LogP contribution is -2.38. The number of benzene rings is 2. The predicted molar refractivity (Wildman–Crippen MR) is 119 cm³/mol. The van der Waals surface area contributed by atoms with E-state index in [2.05, 4.69) is 10.6 Å². The van der Waals surface area contributed by atoms with E-state index >= 15 is 0 Å². The zero-order chi connectivity index (χ0) is 23.5. The Morgan fingerprint density at radius 1 is 1.03 bits per heavy atom. The summed E-state index contributed by atoms with van der Waals surface area (Å²) in [5.74, 6) is -1.41. The number of carboxylic acids is 1. The van der Waals surface area contributed by atoms with Gasteiger partial charge in [-0.25, -0.2) is 14.5 Å². The van der Waals surface area contributed by atoms with Gasteiger partial charge in [0, 0.05) is 17.3 Å². The Labute approximate surface area is 188 Å². The van der Waals surface area contributed by atoms with E-state index in [1.54, 1.807) is 36.4 Å². The van der Waals surface area contributed by atoms with E-state index in [1.807, 2.05) is 19.1 Å². The first-order valence-corrected chi connectivity index (χ1v) is 9.95. The molecule has 9 heteroatoms. The van der Waals surface area contributed by atoms with Crippen molar-refractivity contribution >= 4 is 35.6 Å². The Morgan fingerprint density at radius 2 is 1.73 bits per heavy atom. The van der Waals surface area contributed by atoms with Crippen LogP contribution in [0.2, 0.25) is 0 Å². The quantitative estimate of drug-likeness (QED) is 0.394. The third-order valence-corrected chi connectivity index (χ3v) is 4.93. The number of furan rings is 1. The maximum absolute atomic E-state index is 12.6. The van der Waals surface area contributed by atoms with E-state index in [0.29, 0.717) is 22.8 Å². The number of aromatic carboxylic acids is 1. The van der Waals surface area contributed by atoms with Gasteiger partial charge in [-0.3, -0.25) is 9.59 Å². The molecule has 0 atom stereocenters. The standard InChI is InChI=1S/C24H19N3O6/c1-14-2-8-17(9-3-14)25-21(28)13-27-22(29)19(26-24(27)32)12-18-10-11-20(33-18)15-4-6-16(7-5-15)23(30)31/h2-12H,13H2,1H3,(H,25,28)(H,26,32)(H,30,31)/b19-12-. The molecule has 3 N–H and O–H groups in total. The van der Waals surface area contributed by atoms with Gasteiger partial charge in [0.05, 0.1) is 5.56 Å². The summed E-state index contributed by atoms with van der Waals surface area (Å²) >= 11 is 0. The summed E-state index contributed by atoms with van der Waals surface area (Å²) < 4.78 is 5.70. The van der Waals surface area contributed by atoms with Gasteiger partial charge in [0.25, 0.3) is 5.91 Å². The van der Waals surface area contributed by atoms with Crippen molar-refractivity contribution in [2.75, 3.05) is 11.9 Å². The van der Waals surface area contributed by atoms with Crippen molar-refractivity contribution in [2.24, 2.45) is 0 Å². The minimum atomic E-state index is -1.03. The number of hydrogen-bond acceptors (Lipinski definition) is 5. The van der Waals surface area contributed by atoms with Gasteiger partial charge in [-0.15, -0.1) is 0 Å². The highest BCUT2D eigenvalue weighted by atomic mass is 16.4. The zero-order valence-corrected chi connectivity index (χ0v) is 17.5. The van der Waals surface area contributed by atoms with Crippen LogP contribution in [0.15, 0.2) is 70.8 Å². The Kier molecular flexibility index (Phi) is 5.77. The molecule has 4 rings (SSSR count). The van der Waals surface area contributed by atoms with Crippen molar-refractivity contribution in [3.8, 4) is 11.3 Å². The summed E-state index contributed by atoms with van der Waals surface area (Å²) in [4.78, 5) is 48.9. The van der Waals surface area contributed by atoms with E-state index in [4.69, 9.17) is 9.52 Å². The van der Waals surface area contributed by atoms with Crippen LogP contribution < -0.4 is 10.6 Å². The van der Waals surface area contributed by atoms with Gasteiger partial charge in [-0.1, -0.05) is 29.8 Å². The highest BCUT2D eigenvalue weighted by Gasteiger charge is 2.35. The lowest BCUT2D eigenvalue weighted by Gasteiger charge is -2.12. The average molecular weight is 445 g/mol. The third-order valence-electron chi connectivity index (χ3n) is 4.93. The number of hydrogen-bond donors (Lipinski definition) is 3. The molecule has 2 heterocycles. The normalized spacial score (nSPS) is 14.5. The number of rotatable bonds is 6. The van der Waals surface area contributed by atoms with E-state index in [-0.39, 0.29) is 11.3 Å². The lowest BCUT2D eigenvalue weighted by atomic mass is 10.1. The highest BCUT2D eigenvalue weighted by molar-refractivity contribution is 6.15. The molecule has 4 amide bonds. The maximum Gasteiger partial charge on any atom is 0.335 e. The molecule has 0 radical (unpaired) electrons. The number of anilines is 1. The molecule has 0 spiro atoms. The van der Waals surface area contributed by atoms with Crippen LogP contribution in [0.4, 0.5) is 10.5 Å². The predicted octanol–water partition coefficient (Wildman–Crippen LogP) is 3.48. The topological polar surface area (TPSA) is 129 Å². The van der Waals surface area contributed by atoms with Crippen molar-refractivity contribution in [1.82, 2.24) is 10.2 Å². The fourth-order valence-electron chi connectivity index (χ4n) is 3.20. The van der Waals surface area contributed by atoms with Crippen molar-refractivity contribution in [3.05, 3.63) is 83.2 Å². The largest absolute Gasteiger partial charge is 0.478 e. The summed E-state index contributed by atoms with van der Waals surface area (Å²) in [6.45, 7) is 1.49. The van der Waals surface area contributed by atoms with Gasteiger partial charge in [0.15, 0.2) is 0 Å². The summed E-state index contributed by atoms with van der Waals surface area (Å²) in [6, 6.07) is 15.8. The summed E-state index contributed by atoms with van der Waals surface area (Å²) in [5, 5.41) is 14.1. The van der Waals surface area contributed by atoms with Crippen LogP contribution >= 0.6 is 0 Å². The highest BCUT2D eigenvalue weighted by Crippen LogP contribution is 2.24. The summed E-state index contributed by atoms with van der Waals surface area (Å²) in [5.41, 5.74) is 2.38. The molecule has 166 valence electrons. The van der Waals surface area contributed by atoms with Gasteiger partial charge in [0.2, 0.25) is 5.91 Å². The van der Waals surface area contributed by atoms with Crippen molar-refractivity contribution in [2.45, 2.75) is 6.92 Å². The molecule has 1 aromatic heterocycles. The van der Waals surface area contributed by atoms with E-state index in [9.17, 15) is 19.2 Å². The van der Waals surface area contributed by atoms with E-state index < -0.39 is 30.4 Å². The van der Waals surface area contributed by atoms with Crippen molar-refractivity contribution in [1.29, 1.82) is 0 Å². The van der Waals surface area contributed by atoms with Crippen LogP contribution in [-0.4, -0.2) is 40.4 Å². The number of nitrogens with zero attached hydrogens (tertiary/aromatic N) is 1. The number of carbonyl (C=O) groups is 4. The van der Waals surface area contributed by atoms with E-state index in [1.165, 1.54) is 18.2 Å². The Hall–Kier alpha value is -4.66. The molecule has 1 aliphatic heterocycles. The van der Waals surface area contributed by atoms with Crippen LogP contribution in [0.3, 0.4) is 0 Å². The molecule has 33 heavy (non-hydrogen) atoms. The number of imide groups is 1. The van der Waals surface area contributed by atoms with Crippen LogP contribution in [0, 0.1) is 6.92 Å². The average Bonchev–Trinajstić information content (AvgIpc) is 3.36. The van der Waals surface area contributed by atoms with Gasteiger partial charge < -0.3 is 20.2 Å². The number of nitrogens with one attached hydrogen (secondary N) is 2. The van der Waals surface area contributed by atoms with Crippen LogP contribution in [0.25, 0.3) is 17.4 Å². The lowest BCUT2D eigenvalue weighted by molar-refractivity contribution is -0.127. The molecule has 1 aliphatic rings. The first kappa shape index (κ1) is 21.6. The van der Waals surface area contributed by atoms with Crippen LogP contribution in [0.5, 0.6) is 0 Å². The molecule has 0 unspecified atom stereocenters. The fraction of sp³-hybridized carbons (Fsp3) is 0.0833. The van der Waals surface area contributed by atoms with Crippen LogP contribution in [-0.2, 0) is 9.59 Å². The number of aryl methyl sites for hydroxylation is 1. The number of carbonyl (C=O) groups excluding carboxylic acids is 3. The van der Waals surface area contributed by atoms with Crippen molar-refractivity contribution in [3.63, 3.8) is 0 Å². The molecular weight excluding hydrogens is 426 g/mol. The van der Waals surface area contributed by atoms with E-state index in [0.717, 1.165) is 10.5 Å². The molecule has 1 fully saturated rings. The minimum Gasteiger partial charge on any atom is -0.478 e. The molecule has 0 aliphatic carbocycles. The number of urea groups is 1. The van der Waals surface area contributed by atoms with Crippen molar-refractivity contribution < 1.29 is 28.7 Å². The second-order valence-electron chi connectivity index (χ2n) is 7.38. The Bertz CT molecular complexity index is 1270. The molecule has 9 nitrogen and oxygen atoms in total. The van der Waals surface area contributed by atoms with Gasteiger partial charge in [-0.2, -0.15) is 0 Å². The summed E-state index contributed by atoms with van der Waals surface area (Å²) in [6.07, 6.45) is 1.37. The molecular formula is C24H19N3O6. The third kappa shape index (κ3) is 4.82. The molecule has 3 aromatic rings. The molecule has 0 saturated carbocycles. The summed E-state index contributed by atoms with van der Waals surface area (Å²) in [7, 11) is 0. The Morgan fingerprint density at radius 3 is 2.39 bits per heavy atom. The smallest absolute Gasteiger partial charge is 0.335 e. The second kappa shape index (κ2) is 8.83. The monoisotopic (exact) mass is 445 g/mol. The van der Waals surface area contributed by atoms with Gasteiger partial charge in [0.1, 0.15) is 23.8 Å². The second-order valence-corrected chi connectivity index (χ2v) is 7.38. The molecule has 1 saturated heterocycles. The first-order chi connectivity index (χ1) is 15.8. The number of carboxylic acid groups (broad SMARTS) is 1. The SMILES string of the molecule is Cc1ccc(NC(=O)CN2C(=O)N/C(=C\c3ccc(-c4ccc(C(=O)O)cc4)o3)C2=O)cc1. The van der Waals surface area contributed by atoms with Gasteiger partial charge in [-0.05, 0) is 43.3 Å².